The number of nitrogens with two attached hydrogens (primary N) is 1. The Balaban J connectivity index is 2.39. The molecule has 0 fully saturated rings. The highest BCUT2D eigenvalue weighted by Gasteiger charge is 2.17. The van der Waals surface area contributed by atoms with Gasteiger partial charge in [0.25, 0.3) is 0 Å². The van der Waals surface area contributed by atoms with Crippen LogP contribution in [0.5, 0.6) is 0 Å². The molecule has 1 heterocycles. The van der Waals surface area contributed by atoms with Gasteiger partial charge in [-0.15, -0.1) is 0 Å². The van der Waals surface area contributed by atoms with E-state index in [1.165, 1.54) is 30.5 Å². The third kappa shape index (κ3) is 1.59. The average molecular weight is 176 g/mol. The highest BCUT2D eigenvalue weighted by Crippen LogP contribution is 2.29. The Morgan fingerprint density at radius 3 is 3.23 bits per heavy atom. The topological polar surface area (TPSA) is 38.9 Å². The van der Waals surface area contributed by atoms with E-state index in [0.29, 0.717) is 12.5 Å². The number of aromatic nitrogens is 1. The summed E-state index contributed by atoms with van der Waals surface area (Å²) in [6, 6.07) is 2.22. The van der Waals surface area contributed by atoms with Gasteiger partial charge in [0.2, 0.25) is 0 Å². The Hall–Kier alpha value is -0.890. The van der Waals surface area contributed by atoms with Crippen molar-refractivity contribution in [3.8, 4) is 0 Å². The molecule has 0 radical (unpaired) electrons. The molecule has 70 valence electrons. The summed E-state index contributed by atoms with van der Waals surface area (Å²) in [4.78, 5) is 4.49. The van der Waals surface area contributed by atoms with Gasteiger partial charge in [-0.1, -0.05) is 13.0 Å². The predicted molar refractivity (Wildman–Crippen MR) is 53.5 cm³/mol. The molecule has 0 amide bonds. The molecule has 0 bridgehead atoms. The quantitative estimate of drug-likeness (QED) is 0.710. The zero-order valence-electron chi connectivity index (χ0n) is 8.09. The lowest BCUT2D eigenvalue weighted by Gasteiger charge is -2.21. The number of nitrogens with zero attached hydrogens (tertiary/aromatic N) is 1. The van der Waals surface area contributed by atoms with Gasteiger partial charge in [-0.2, -0.15) is 0 Å². The lowest BCUT2D eigenvalue weighted by Crippen LogP contribution is -2.11. The van der Waals surface area contributed by atoms with Crippen LogP contribution in [0.1, 0.15) is 42.5 Å². The Morgan fingerprint density at radius 1 is 1.62 bits per heavy atom. The number of aryl methyl sites for hydroxylation is 1. The number of hydrogen-bond acceptors (Lipinski definition) is 2. The first kappa shape index (κ1) is 8.70. The maximum Gasteiger partial charge on any atom is 0.0463 e. The van der Waals surface area contributed by atoms with Gasteiger partial charge in [0, 0.05) is 18.4 Å². The van der Waals surface area contributed by atoms with Crippen molar-refractivity contribution in [2.75, 3.05) is 0 Å². The summed E-state index contributed by atoms with van der Waals surface area (Å²) in [6.07, 6.45) is 5.67. The molecule has 0 aromatic carbocycles. The van der Waals surface area contributed by atoms with Gasteiger partial charge in [-0.05, 0) is 36.3 Å². The van der Waals surface area contributed by atoms with Gasteiger partial charge in [0.05, 0.1) is 0 Å². The summed E-state index contributed by atoms with van der Waals surface area (Å²) in [5, 5.41) is 0. The maximum absolute atomic E-state index is 5.58. The fourth-order valence-corrected chi connectivity index (χ4v) is 2.06. The molecule has 2 heteroatoms. The second-order valence-corrected chi connectivity index (χ2v) is 3.89. The third-order valence-corrected chi connectivity index (χ3v) is 2.84. The van der Waals surface area contributed by atoms with Crippen molar-refractivity contribution >= 4 is 0 Å². The minimum absolute atomic E-state index is 0.606. The molecule has 1 unspecified atom stereocenters. The van der Waals surface area contributed by atoms with E-state index in [4.69, 9.17) is 5.73 Å². The summed E-state index contributed by atoms with van der Waals surface area (Å²) in [6.45, 7) is 2.86. The zero-order chi connectivity index (χ0) is 9.26. The Kier molecular flexibility index (Phi) is 2.32. The van der Waals surface area contributed by atoms with Crippen LogP contribution in [0.3, 0.4) is 0 Å². The van der Waals surface area contributed by atoms with Crippen molar-refractivity contribution in [3.63, 3.8) is 0 Å². The molecule has 1 aliphatic carbocycles. The van der Waals surface area contributed by atoms with Crippen molar-refractivity contribution in [2.45, 2.75) is 38.6 Å². The first-order valence-electron chi connectivity index (χ1n) is 4.99. The fourth-order valence-electron chi connectivity index (χ4n) is 2.06. The molecule has 0 spiro atoms. The van der Waals surface area contributed by atoms with Gasteiger partial charge >= 0.3 is 0 Å². The lowest BCUT2D eigenvalue weighted by molar-refractivity contribution is 0.572. The van der Waals surface area contributed by atoms with E-state index in [1.54, 1.807) is 0 Å². The van der Waals surface area contributed by atoms with Gasteiger partial charge in [0.15, 0.2) is 0 Å². The molecule has 0 saturated carbocycles. The second kappa shape index (κ2) is 3.46. The second-order valence-electron chi connectivity index (χ2n) is 3.89. The first-order valence-corrected chi connectivity index (χ1v) is 4.99. The fraction of sp³-hybridized carbons (Fsp3) is 0.545. The summed E-state index contributed by atoms with van der Waals surface area (Å²) >= 11 is 0. The van der Waals surface area contributed by atoms with E-state index in [9.17, 15) is 0 Å². The molecule has 2 nitrogen and oxygen atoms in total. The molecule has 0 aliphatic heterocycles. The molecule has 1 aromatic heterocycles. The van der Waals surface area contributed by atoms with Crippen molar-refractivity contribution in [3.05, 3.63) is 29.1 Å². The lowest BCUT2D eigenvalue weighted by atomic mass is 9.87. The molecular weight excluding hydrogens is 160 g/mol. The molecular formula is C11H16N2. The minimum atomic E-state index is 0.606. The number of hydrogen-bond donors (Lipinski definition) is 1. The standard InChI is InChI=1S/C11H16N2/c1-8-3-2-4-10-5-9(6-12)7-13-11(8)10/h5,7-8H,2-4,6,12H2,1H3. The van der Waals surface area contributed by atoms with Crippen LogP contribution in [0.2, 0.25) is 0 Å². The maximum atomic E-state index is 5.58. The zero-order valence-corrected chi connectivity index (χ0v) is 8.09. The summed E-state index contributed by atoms with van der Waals surface area (Å²) < 4.78 is 0. The Morgan fingerprint density at radius 2 is 2.46 bits per heavy atom. The van der Waals surface area contributed by atoms with Gasteiger partial charge in [-0.3, -0.25) is 4.98 Å². The van der Waals surface area contributed by atoms with Crippen molar-refractivity contribution < 1.29 is 0 Å². The van der Waals surface area contributed by atoms with Crippen LogP contribution in [0.15, 0.2) is 12.3 Å². The highest BCUT2D eigenvalue weighted by atomic mass is 14.7. The highest BCUT2D eigenvalue weighted by molar-refractivity contribution is 5.29. The van der Waals surface area contributed by atoms with Crippen LogP contribution in [-0.4, -0.2) is 4.98 Å². The molecule has 1 aliphatic rings. The van der Waals surface area contributed by atoms with Crippen molar-refractivity contribution in [2.24, 2.45) is 5.73 Å². The third-order valence-electron chi connectivity index (χ3n) is 2.84. The van der Waals surface area contributed by atoms with Gasteiger partial charge in [0.1, 0.15) is 0 Å². The summed E-state index contributed by atoms with van der Waals surface area (Å²) in [5.41, 5.74) is 9.45. The number of fused-ring (bicyclic) bond motifs is 1. The molecule has 0 saturated heterocycles. The van der Waals surface area contributed by atoms with Crippen molar-refractivity contribution in [1.29, 1.82) is 0 Å². The van der Waals surface area contributed by atoms with E-state index >= 15 is 0 Å². The summed E-state index contributed by atoms with van der Waals surface area (Å²) in [5.74, 6) is 0.635. The Labute approximate surface area is 79.2 Å². The smallest absolute Gasteiger partial charge is 0.0463 e. The predicted octanol–water partition coefficient (Wildman–Crippen LogP) is 1.98. The molecule has 2 rings (SSSR count). The van der Waals surface area contributed by atoms with Crippen LogP contribution >= 0.6 is 0 Å². The van der Waals surface area contributed by atoms with Crippen LogP contribution in [0.4, 0.5) is 0 Å². The van der Waals surface area contributed by atoms with Crippen LogP contribution in [0, 0.1) is 0 Å². The molecule has 1 aromatic rings. The SMILES string of the molecule is CC1CCCc2cc(CN)cnc21. The summed E-state index contributed by atoms with van der Waals surface area (Å²) in [7, 11) is 0. The van der Waals surface area contributed by atoms with E-state index < -0.39 is 0 Å². The van der Waals surface area contributed by atoms with Gasteiger partial charge in [-0.25, -0.2) is 0 Å². The van der Waals surface area contributed by atoms with Crippen LogP contribution in [0.25, 0.3) is 0 Å². The molecule has 2 N–H and O–H groups in total. The number of rotatable bonds is 1. The monoisotopic (exact) mass is 176 g/mol. The first-order chi connectivity index (χ1) is 6.31. The van der Waals surface area contributed by atoms with E-state index in [-0.39, 0.29) is 0 Å². The van der Waals surface area contributed by atoms with E-state index in [1.807, 2.05) is 6.20 Å². The van der Waals surface area contributed by atoms with Crippen LogP contribution in [-0.2, 0) is 13.0 Å². The van der Waals surface area contributed by atoms with Crippen LogP contribution < -0.4 is 5.73 Å². The molecule has 13 heavy (non-hydrogen) atoms. The largest absolute Gasteiger partial charge is 0.326 e. The van der Waals surface area contributed by atoms with E-state index in [0.717, 1.165) is 5.56 Å². The Bertz CT molecular complexity index is 307. The molecule has 1 atom stereocenters. The van der Waals surface area contributed by atoms with E-state index in [2.05, 4.69) is 18.0 Å². The normalized spacial score (nSPS) is 21.2. The van der Waals surface area contributed by atoms with Crippen molar-refractivity contribution in [1.82, 2.24) is 4.98 Å². The average Bonchev–Trinajstić information content (AvgIpc) is 2.18. The number of pyridine rings is 1. The van der Waals surface area contributed by atoms with Gasteiger partial charge < -0.3 is 5.73 Å². The minimum Gasteiger partial charge on any atom is -0.326 e.